The molecule has 1 fully saturated rings. The van der Waals surface area contributed by atoms with E-state index >= 15 is 0 Å². The first-order valence-corrected chi connectivity index (χ1v) is 12.7. The van der Waals surface area contributed by atoms with Crippen LogP contribution < -0.4 is 15.0 Å². The van der Waals surface area contributed by atoms with Crippen molar-refractivity contribution in [1.29, 1.82) is 0 Å². The second-order valence-electron chi connectivity index (χ2n) is 8.44. The Morgan fingerprint density at radius 2 is 2.00 bits per heavy atom. The Morgan fingerprint density at radius 3 is 2.70 bits per heavy atom. The van der Waals surface area contributed by atoms with Crippen molar-refractivity contribution < 1.29 is 27.4 Å². The molecule has 1 aromatic heterocycles. The summed E-state index contributed by atoms with van der Waals surface area (Å²) in [4.78, 5) is 24.8. The van der Waals surface area contributed by atoms with Gasteiger partial charge in [0.2, 0.25) is 15.6 Å². The van der Waals surface area contributed by atoms with Gasteiger partial charge in [0.1, 0.15) is 5.69 Å². The first-order valence-electron chi connectivity index (χ1n) is 11.0. The third-order valence-corrected chi connectivity index (χ3v) is 7.10. The van der Waals surface area contributed by atoms with Crippen LogP contribution in [-0.4, -0.2) is 36.8 Å². The van der Waals surface area contributed by atoms with Gasteiger partial charge in [0.05, 0.1) is 12.4 Å². The minimum Gasteiger partial charge on any atom is -0.490 e. The van der Waals surface area contributed by atoms with E-state index in [0.29, 0.717) is 49.3 Å². The minimum absolute atomic E-state index is 0.0824. The number of hydrogen-bond acceptors (Lipinski definition) is 5. The third-order valence-electron chi connectivity index (χ3n) is 5.56. The van der Waals surface area contributed by atoms with Crippen molar-refractivity contribution in [3.05, 3.63) is 63.3 Å². The van der Waals surface area contributed by atoms with Gasteiger partial charge >= 0.3 is 5.97 Å². The molecule has 0 unspecified atom stereocenters. The molecule has 10 heteroatoms. The van der Waals surface area contributed by atoms with Crippen molar-refractivity contribution in [2.45, 2.75) is 51.5 Å². The molecule has 1 saturated carbocycles. The van der Waals surface area contributed by atoms with Gasteiger partial charge < -0.3 is 14.8 Å². The number of ether oxygens (including phenoxy) is 1. The highest BCUT2D eigenvalue weighted by Crippen LogP contribution is 2.31. The van der Waals surface area contributed by atoms with E-state index in [1.807, 2.05) is 0 Å². The number of rotatable bonds is 13. The molecule has 0 amide bonds. The first kappa shape index (κ1) is 24.9. The Labute approximate surface area is 192 Å². The highest BCUT2D eigenvalue weighted by molar-refractivity contribution is 7.89. The fraction of sp³-hybridized carbons (Fsp3) is 0.478. The Balaban J connectivity index is 1.47. The summed E-state index contributed by atoms with van der Waals surface area (Å²) in [6.07, 6.45) is 4.14. The summed E-state index contributed by atoms with van der Waals surface area (Å²) in [5, 5.41) is 9.18. The maximum atomic E-state index is 14.0. The van der Waals surface area contributed by atoms with Crippen molar-refractivity contribution in [3.63, 3.8) is 0 Å². The number of aromatic carboxylic acids is 1. The molecule has 3 N–H and O–H groups in total. The highest BCUT2D eigenvalue weighted by Gasteiger charge is 2.23. The zero-order valence-electron chi connectivity index (χ0n) is 18.5. The number of aromatic nitrogens is 1. The summed E-state index contributed by atoms with van der Waals surface area (Å²) in [6.45, 7) is 2.16. The van der Waals surface area contributed by atoms with Crippen molar-refractivity contribution >= 4 is 16.0 Å². The number of aryl methyl sites for hydroxylation is 1. The van der Waals surface area contributed by atoms with E-state index in [-0.39, 0.29) is 17.2 Å². The van der Waals surface area contributed by atoms with Crippen LogP contribution in [0.1, 0.15) is 66.7 Å². The minimum atomic E-state index is -3.57. The van der Waals surface area contributed by atoms with Crippen LogP contribution >= 0.6 is 0 Å². The smallest absolute Gasteiger partial charge is 0.352 e. The van der Waals surface area contributed by atoms with E-state index in [4.69, 9.17) is 4.74 Å². The SMILES string of the molecule is C[C@@H](NS(=O)(=O)CCCCCc1ccc(=O)[nH]c1C(=O)O)c1ccc(F)c(OCC2CC2)c1. The molecule has 1 heterocycles. The second kappa shape index (κ2) is 10.9. The lowest BCUT2D eigenvalue weighted by molar-refractivity contribution is 0.0688. The number of carbonyl (C=O) groups is 1. The number of unbranched alkanes of at least 4 members (excludes halogenated alkanes) is 2. The summed E-state index contributed by atoms with van der Waals surface area (Å²) in [6, 6.07) is 6.57. The van der Waals surface area contributed by atoms with Crippen LogP contribution in [0.2, 0.25) is 0 Å². The van der Waals surface area contributed by atoms with Crippen molar-refractivity contribution in [2.75, 3.05) is 12.4 Å². The summed E-state index contributed by atoms with van der Waals surface area (Å²) >= 11 is 0. The monoisotopic (exact) mass is 480 g/mol. The molecule has 0 bridgehead atoms. The number of pyridine rings is 1. The summed E-state index contributed by atoms with van der Waals surface area (Å²) in [5.41, 5.74) is 0.508. The number of aromatic amines is 1. The molecule has 0 radical (unpaired) electrons. The molecular formula is C23H29FN2O6S. The van der Waals surface area contributed by atoms with Crippen molar-refractivity contribution in [3.8, 4) is 5.75 Å². The summed E-state index contributed by atoms with van der Waals surface area (Å²) in [7, 11) is -3.57. The molecule has 1 aromatic carbocycles. The fourth-order valence-corrected chi connectivity index (χ4v) is 4.85. The number of carboxylic acid groups (broad SMARTS) is 1. The van der Waals surface area contributed by atoms with Gasteiger partial charge in [-0.2, -0.15) is 0 Å². The van der Waals surface area contributed by atoms with Crippen LogP contribution in [0.25, 0.3) is 0 Å². The average molecular weight is 481 g/mol. The lowest BCUT2D eigenvalue weighted by Gasteiger charge is -2.16. The molecule has 3 rings (SSSR count). The number of hydrogen-bond donors (Lipinski definition) is 3. The Morgan fingerprint density at radius 1 is 1.24 bits per heavy atom. The van der Waals surface area contributed by atoms with Gasteiger partial charge in [0.15, 0.2) is 11.6 Å². The van der Waals surface area contributed by atoms with E-state index in [1.165, 1.54) is 30.3 Å². The van der Waals surface area contributed by atoms with E-state index in [2.05, 4.69) is 9.71 Å². The van der Waals surface area contributed by atoms with E-state index < -0.39 is 33.4 Å². The molecule has 0 aliphatic heterocycles. The van der Waals surface area contributed by atoms with Gasteiger partial charge in [-0.1, -0.05) is 18.6 Å². The largest absolute Gasteiger partial charge is 0.490 e. The molecule has 1 aliphatic rings. The predicted molar refractivity (Wildman–Crippen MR) is 122 cm³/mol. The molecule has 1 aliphatic carbocycles. The van der Waals surface area contributed by atoms with E-state index in [0.717, 1.165) is 12.8 Å². The number of sulfonamides is 1. The second-order valence-corrected chi connectivity index (χ2v) is 10.3. The highest BCUT2D eigenvalue weighted by atomic mass is 32.2. The molecule has 33 heavy (non-hydrogen) atoms. The molecule has 1 atom stereocenters. The van der Waals surface area contributed by atoms with Crippen LogP contribution in [-0.2, 0) is 16.4 Å². The quantitative estimate of drug-likeness (QED) is 0.377. The lowest BCUT2D eigenvalue weighted by atomic mass is 10.1. The van der Waals surface area contributed by atoms with Gasteiger partial charge in [-0.25, -0.2) is 22.3 Å². The Kier molecular flexibility index (Phi) is 8.25. The van der Waals surface area contributed by atoms with Crippen LogP contribution in [0.4, 0.5) is 4.39 Å². The van der Waals surface area contributed by atoms with Crippen molar-refractivity contribution in [2.24, 2.45) is 5.92 Å². The van der Waals surface area contributed by atoms with Gasteiger partial charge in [-0.3, -0.25) is 4.79 Å². The maximum absolute atomic E-state index is 14.0. The first-order chi connectivity index (χ1) is 15.6. The van der Waals surface area contributed by atoms with Gasteiger partial charge in [-0.05, 0) is 68.2 Å². The van der Waals surface area contributed by atoms with Crippen LogP contribution in [0, 0.1) is 11.7 Å². The standard InChI is InChI=1S/C23H29FN2O6S/c1-15(18-8-10-19(24)20(13-18)32-14-16-6-7-16)26-33(30,31)12-4-2-3-5-17-9-11-21(27)25-22(17)23(28)29/h8-11,13,15-16,26H,2-7,12,14H2,1H3,(H,25,27)(H,28,29)/t15-/m1/s1. The average Bonchev–Trinajstić information content (AvgIpc) is 3.57. The summed E-state index contributed by atoms with van der Waals surface area (Å²) < 4.78 is 47.1. The predicted octanol–water partition coefficient (Wildman–Crippen LogP) is 3.39. The zero-order valence-corrected chi connectivity index (χ0v) is 19.3. The molecular weight excluding hydrogens is 451 g/mol. The van der Waals surface area contributed by atoms with Crippen molar-refractivity contribution in [1.82, 2.24) is 9.71 Å². The van der Waals surface area contributed by atoms with Gasteiger partial charge in [-0.15, -0.1) is 0 Å². The molecule has 0 saturated heterocycles. The number of benzene rings is 1. The van der Waals surface area contributed by atoms with E-state index in [1.54, 1.807) is 6.92 Å². The van der Waals surface area contributed by atoms with E-state index in [9.17, 15) is 27.5 Å². The number of carboxylic acids is 1. The lowest BCUT2D eigenvalue weighted by Crippen LogP contribution is -2.29. The Hall–Kier alpha value is -2.72. The van der Waals surface area contributed by atoms with Gasteiger partial charge in [0, 0.05) is 12.1 Å². The topological polar surface area (TPSA) is 126 Å². The van der Waals surface area contributed by atoms with Crippen LogP contribution in [0.5, 0.6) is 5.75 Å². The third kappa shape index (κ3) is 7.68. The molecule has 8 nitrogen and oxygen atoms in total. The molecule has 180 valence electrons. The van der Waals surface area contributed by atoms with Crippen LogP contribution in [0.3, 0.4) is 0 Å². The normalized spacial score (nSPS) is 14.7. The number of H-pyrrole nitrogens is 1. The Bertz CT molecular complexity index is 1140. The van der Waals surface area contributed by atoms with Crippen LogP contribution in [0.15, 0.2) is 35.1 Å². The number of halogens is 1. The van der Waals surface area contributed by atoms with Gasteiger partial charge in [0.25, 0.3) is 0 Å². The zero-order chi connectivity index (χ0) is 24.0. The molecule has 2 aromatic rings. The number of nitrogens with one attached hydrogen (secondary N) is 2. The summed E-state index contributed by atoms with van der Waals surface area (Å²) in [5.74, 6) is -1.15. The molecule has 0 spiro atoms. The maximum Gasteiger partial charge on any atom is 0.352 e. The fourth-order valence-electron chi connectivity index (χ4n) is 3.48.